The van der Waals surface area contributed by atoms with Crippen LogP contribution >= 0.6 is 11.6 Å². The number of nitrogens with one attached hydrogen (secondary N) is 2. The summed E-state index contributed by atoms with van der Waals surface area (Å²) in [6.45, 7) is 7.75. The maximum absolute atomic E-state index is 8.90. The van der Waals surface area contributed by atoms with Crippen LogP contribution in [0.4, 0.5) is 11.5 Å². The van der Waals surface area contributed by atoms with E-state index in [4.69, 9.17) is 31.0 Å². The van der Waals surface area contributed by atoms with Crippen molar-refractivity contribution in [1.29, 1.82) is 0 Å². The Morgan fingerprint density at radius 3 is 2.83 bits per heavy atom. The van der Waals surface area contributed by atoms with Gasteiger partial charge in [0.05, 0.1) is 42.7 Å². The molecular formula is C26H28ClN5O4. The highest BCUT2D eigenvalue weighted by Gasteiger charge is 2.12. The van der Waals surface area contributed by atoms with Gasteiger partial charge in [-0.2, -0.15) is 0 Å². The Hall–Kier alpha value is -3.63. The highest BCUT2D eigenvalue weighted by molar-refractivity contribution is 6.32. The lowest BCUT2D eigenvalue weighted by molar-refractivity contribution is 0.0875. The maximum Gasteiger partial charge on any atom is 0.158 e. The first-order valence-electron chi connectivity index (χ1n) is 11.5. The molecule has 4 aromatic rings. The standard InChI is InChI=1S/C26H28ClN5O4/c1-3-35-31-18(2)19-5-4-6-21(15-19)36-24-8-7-20(16-22(24)27)30-26-25-23(28-17-29-26)9-10-32(25)11-13-34-14-12-33/h4-10,15-17,31,33H,2-3,11-14H2,1H3,(H,28,29,30). The molecule has 0 bridgehead atoms. The first-order chi connectivity index (χ1) is 17.6. The number of hydrogen-bond acceptors (Lipinski definition) is 8. The van der Waals surface area contributed by atoms with Gasteiger partial charge in [0.25, 0.3) is 0 Å². The van der Waals surface area contributed by atoms with Crippen molar-refractivity contribution in [1.82, 2.24) is 20.0 Å². The van der Waals surface area contributed by atoms with E-state index in [-0.39, 0.29) is 6.61 Å². The molecule has 0 aliphatic rings. The van der Waals surface area contributed by atoms with Crippen LogP contribution in [-0.4, -0.2) is 46.1 Å². The Labute approximate surface area is 214 Å². The van der Waals surface area contributed by atoms with E-state index >= 15 is 0 Å². The number of hydrogen-bond donors (Lipinski definition) is 3. The predicted octanol–water partition coefficient (Wildman–Crippen LogP) is 5.14. The van der Waals surface area contributed by atoms with Crippen LogP contribution < -0.4 is 15.5 Å². The molecule has 3 N–H and O–H groups in total. The molecule has 0 saturated heterocycles. The molecule has 0 unspecified atom stereocenters. The van der Waals surface area contributed by atoms with Gasteiger partial charge in [-0.05, 0) is 43.3 Å². The van der Waals surface area contributed by atoms with E-state index in [1.807, 2.05) is 54.1 Å². The molecule has 0 fully saturated rings. The number of halogens is 1. The zero-order chi connectivity index (χ0) is 25.3. The zero-order valence-electron chi connectivity index (χ0n) is 19.9. The molecule has 36 heavy (non-hydrogen) atoms. The van der Waals surface area contributed by atoms with E-state index in [0.29, 0.717) is 54.4 Å². The average Bonchev–Trinajstić information content (AvgIpc) is 3.31. The molecule has 0 radical (unpaired) electrons. The Balaban J connectivity index is 1.48. The maximum atomic E-state index is 8.90. The second-order valence-electron chi connectivity index (χ2n) is 7.71. The summed E-state index contributed by atoms with van der Waals surface area (Å²) in [5.41, 5.74) is 6.68. The first kappa shape index (κ1) is 25.5. The van der Waals surface area contributed by atoms with Gasteiger partial charge in [-0.15, -0.1) is 0 Å². The predicted molar refractivity (Wildman–Crippen MR) is 140 cm³/mol. The third kappa shape index (κ3) is 6.32. The normalized spacial score (nSPS) is 11.0. The lowest BCUT2D eigenvalue weighted by atomic mass is 10.2. The molecule has 0 spiro atoms. The summed E-state index contributed by atoms with van der Waals surface area (Å²) in [4.78, 5) is 14.0. The van der Waals surface area contributed by atoms with Gasteiger partial charge in [0, 0.05) is 24.0 Å². The summed E-state index contributed by atoms with van der Waals surface area (Å²) in [7, 11) is 0. The van der Waals surface area contributed by atoms with Crippen LogP contribution in [0.2, 0.25) is 5.02 Å². The largest absolute Gasteiger partial charge is 0.456 e. The van der Waals surface area contributed by atoms with Crippen LogP contribution in [0.3, 0.4) is 0 Å². The molecule has 0 aliphatic heterocycles. The summed E-state index contributed by atoms with van der Waals surface area (Å²) in [6, 6.07) is 14.8. The number of rotatable bonds is 13. The van der Waals surface area contributed by atoms with Crippen molar-refractivity contribution in [2.45, 2.75) is 13.5 Å². The summed E-state index contributed by atoms with van der Waals surface area (Å²) in [5.74, 6) is 1.78. The van der Waals surface area contributed by atoms with E-state index < -0.39 is 0 Å². The minimum Gasteiger partial charge on any atom is -0.456 e. The second kappa shape index (κ2) is 12.4. The lowest BCUT2D eigenvalue weighted by Gasteiger charge is -2.13. The van der Waals surface area contributed by atoms with Crippen LogP contribution in [-0.2, 0) is 16.1 Å². The third-order valence-corrected chi connectivity index (χ3v) is 5.50. The Morgan fingerprint density at radius 1 is 1.14 bits per heavy atom. The highest BCUT2D eigenvalue weighted by atomic mass is 35.5. The van der Waals surface area contributed by atoms with Crippen LogP contribution in [0.25, 0.3) is 16.7 Å². The minimum atomic E-state index is -0.00529. The molecule has 2 heterocycles. The number of benzene rings is 2. The Bertz CT molecular complexity index is 1330. The number of aromatic nitrogens is 3. The van der Waals surface area contributed by atoms with Crippen LogP contribution in [0.15, 0.2) is 67.6 Å². The number of aliphatic hydroxyl groups is 1. The SMILES string of the molecule is C=C(NOCC)c1cccc(Oc2ccc(Nc3ncnc4ccn(CCOCCO)c34)cc2Cl)c1. The fourth-order valence-electron chi connectivity index (χ4n) is 3.53. The zero-order valence-corrected chi connectivity index (χ0v) is 20.7. The van der Waals surface area contributed by atoms with Crippen LogP contribution in [0.1, 0.15) is 12.5 Å². The molecule has 2 aromatic heterocycles. The number of nitrogens with zero attached hydrogens (tertiary/aromatic N) is 3. The highest BCUT2D eigenvalue weighted by Crippen LogP contribution is 2.34. The quantitative estimate of drug-likeness (QED) is 0.168. The smallest absolute Gasteiger partial charge is 0.158 e. The number of hydroxylamine groups is 1. The van der Waals surface area contributed by atoms with Gasteiger partial charge < -0.3 is 24.5 Å². The average molecular weight is 510 g/mol. The molecule has 10 heteroatoms. The lowest BCUT2D eigenvalue weighted by Crippen LogP contribution is -2.11. The van der Waals surface area contributed by atoms with Crippen molar-refractivity contribution in [3.05, 3.63) is 78.2 Å². The van der Waals surface area contributed by atoms with E-state index in [2.05, 4.69) is 27.3 Å². The Kier molecular flexibility index (Phi) is 8.75. The van der Waals surface area contributed by atoms with Crippen molar-refractivity contribution in [2.24, 2.45) is 0 Å². The fraction of sp³-hybridized carbons (Fsp3) is 0.231. The van der Waals surface area contributed by atoms with Gasteiger partial charge >= 0.3 is 0 Å². The third-order valence-electron chi connectivity index (χ3n) is 5.21. The molecule has 4 rings (SSSR count). The number of fused-ring (bicyclic) bond motifs is 1. The molecule has 9 nitrogen and oxygen atoms in total. The van der Waals surface area contributed by atoms with Crippen molar-refractivity contribution in [3.63, 3.8) is 0 Å². The summed E-state index contributed by atoms with van der Waals surface area (Å²) in [5, 5.41) is 12.7. The topological polar surface area (TPSA) is 103 Å². The van der Waals surface area contributed by atoms with Crippen molar-refractivity contribution in [3.8, 4) is 11.5 Å². The molecule has 188 valence electrons. The first-order valence-corrected chi connectivity index (χ1v) is 11.9. The van der Waals surface area contributed by atoms with E-state index in [1.54, 1.807) is 12.1 Å². The molecule has 0 aliphatic carbocycles. The number of aliphatic hydroxyl groups excluding tert-OH is 1. The van der Waals surface area contributed by atoms with Crippen molar-refractivity contribution in [2.75, 3.05) is 31.7 Å². The Morgan fingerprint density at radius 2 is 2.03 bits per heavy atom. The second-order valence-corrected chi connectivity index (χ2v) is 8.12. The van der Waals surface area contributed by atoms with E-state index in [9.17, 15) is 0 Å². The summed E-state index contributed by atoms with van der Waals surface area (Å²) in [6.07, 6.45) is 3.45. The number of anilines is 2. The van der Waals surface area contributed by atoms with Gasteiger partial charge in [0.2, 0.25) is 0 Å². The van der Waals surface area contributed by atoms with E-state index in [0.717, 1.165) is 22.3 Å². The van der Waals surface area contributed by atoms with Gasteiger partial charge in [0.1, 0.15) is 23.3 Å². The summed E-state index contributed by atoms with van der Waals surface area (Å²) >= 11 is 6.55. The van der Waals surface area contributed by atoms with Gasteiger partial charge in [-0.25, -0.2) is 9.97 Å². The molecule has 0 amide bonds. The number of ether oxygens (including phenoxy) is 2. The van der Waals surface area contributed by atoms with Crippen LogP contribution in [0, 0.1) is 0 Å². The molecule has 0 atom stereocenters. The van der Waals surface area contributed by atoms with Gasteiger partial charge in [-0.3, -0.25) is 10.3 Å². The van der Waals surface area contributed by atoms with Gasteiger partial charge in [-0.1, -0.05) is 30.3 Å². The summed E-state index contributed by atoms with van der Waals surface area (Å²) < 4.78 is 13.4. The van der Waals surface area contributed by atoms with Crippen LogP contribution in [0.5, 0.6) is 11.5 Å². The van der Waals surface area contributed by atoms with Gasteiger partial charge in [0.15, 0.2) is 5.82 Å². The molecular weight excluding hydrogens is 482 g/mol. The van der Waals surface area contributed by atoms with Crippen molar-refractivity contribution < 1.29 is 19.4 Å². The van der Waals surface area contributed by atoms with E-state index in [1.165, 1.54) is 6.33 Å². The minimum absolute atomic E-state index is 0.00529. The van der Waals surface area contributed by atoms with Crippen molar-refractivity contribution >= 4 is 39.8 Å². The fourth-order valence-corrected chi connectivity index (χ4v) is 3.75. The monoisotopic (exact) mass is 509 g/mol. The molecule has 2 aromatic carbocycles. The molecule has 0 saturated carbocycles.